The van der Waals surface area contributed by atoms with E-state index in [-0.39, 0.29) is 24.8 Å². The number of aryl methyl sites for hydroxylation is 2. The van der Waals surface area contributed by atoms with E-state index < -0.39 is 5.91 Å². The standard InChI is InChI=1S/C18H23N5O3/c1-11-15(12(2)23(3)22-11)8-17(25)20-9-13-4-6-14(7-5-13)18(26)21-10-16(19)24/h4-7H,8-10H2,1-3H3,(H2,19,24)(H,20,25)(H,21,26). The van der Waals surface area contributed by atoms with E-state index in [0.29, 0.717) is 12.1 Å². The fourth-order valence-electron chi connectivity index (χ4n) is 2.54. The molecule has 0 unspecified atom stereocenters. The van der Waals surface area contributed by atoms with Crippen molar-refractivity contribution in [1.82, 2.24) is 20.4 Å². The van der Waals surface area contributed by atoms with E-state index in [4.69, 9.17) is 5.73 Å². The Morgan fingerprint density at radius 3 is 2.31 bits per heavy atom. The Hall–Kier alpha value is -3.16. The van der Waals surface area contributed by atoms with E-state index >= 15 is 0 Å². The lowest BCUT2D eigenvalue weighted by molar-refractivity contribution is -0.120. The minimum atomic E-state index is -0.600. The molecule has 0 spiro atoms. The maximum atomic E-state index is 12.2. The first-order chi connectivity index (χ1) is 12.3. The van der Waals surface area contributed by atoms with Crippen molar-refractivity contribution in [3.8, 4) is 0 Å². The van der Waals surface area contributed by atoms with Gasteiger partial charge in [0.15, 0.2) is 0 Å². The first kappa shape index (κ1) is 19.2. The molecular weight excluding hydrogens is 334 g/mol. The average Bonchev–Trinajstić information content (AvgIpc) is 2.84. The molecule has 0 fully saturated rings. The molecule has 1 aromatic heterocycles. The van der Waals surface area contributed by atoms with Gasteiger partial charge in [0.25, 0.3) is 5.91 Å². The van der Waals surface area contributed by atoms with E-state index in [2.05, 4.69) is 15.7 Å². The molecule has 0 saturated heterocycles. The number of rotatable bonds is 7. The zero-order valence-electron chi connectivity index (χ0n) is 15.1. The van der Waals surface area contributed by atoms with Gasteiger partial charge in [0.1, 0.15) is 0 Å². The quantitative estimate of drug-likeness (QED) is 0.651. The molecule has 0 radical (unpaired) electrons. The molecule has 8 nitrogen and oxygen atoms in total. The molecule has 0 atom stereocenters. The molecule has 2 aromatic rings. The minimum absolute atomic E-state index is 0.0903. The van der Waals surface area contributed by atoms with Crippen molar-refractivity contribution in [3.05, 3.63) is 52.3 Å². The highest BCUT2D eigenvalue weighted by Crippen LogP contribution is 2.12. The zero-order valence-corrected chi connectivity index (χ0v) is 15.1. The van der Waals surface area contributed by atoms with Crippen LogP contribution in [0.1, 0.15) is 32.9 Å². The fourth-order valence-corrected chi connectivity index (χ4v) is 2.54. The van der Waals surface area contributed by atoms with E-state index in [1.165, 1.54) is 0 Å². The van der Waals surface area contributed by atoms with Crippen molar-refractivity contribution in [3.63, 3.8) is 0 Å². The van der Waals surface area contributed by atoms with Crippen molar-refractivity contribution in [2.45, 2.75) is 26.8 Å². The van der Waals surface area contributed by atoms with Gasteiger partial charge in [-0.25, -0.2) is 0 Å². The van der Waals surface area contributed by atoms with Crippen molar-refractivity contribution in [2.75, 3.05) is 6.54 Å². The highest BCUT2D eigenvalue weighted by Gasteiger charge is 2.13. The summed E-state index contributed by atoms with van der Waals surface area (Å²) in [6.45, 7) is 3.98. The molecule has 1 heterocycles. The van der Waals surface area contributed by atoms with Gasteiger partial charge < -0.3 is 16.4 Å². The average molecular weight is 357 g/mol. The minimum Gasteiger partial charge on any atom is -0.368 e. The SMILES string of the molecule is Cc1nn(C)c(C)c1CC(=O)NCc1ccc(C(=O)NCC(N)=O)cc1. The molecule has 0 saturated carbocycles. The summed E-state index contributed by atoms with van der Waals surface area (Å²) in [5, 5.41) is 9.58. The van der Waals surface area contributed by atoms with E-state index in [1.807, 2.05) is 20.9 Å². The van der Waals surface area contributed by atoms with Crippen LogP contribution in [0, 0.1) is 13.8 Å². The first-order valence-corrected chi connectivity index (χ1v) is 8.19. The number of nitrogens with zero attached hydrogens (tertiary/aromatic N) is 2. The van der Waals surface area contributed by atoms with Crippen LogP contribution < -0.4 is 16.4 Å². The van der Waals surface area contributed by atoms with Crippen LogP contribution in [0.25, 0.3) is 0 Å². The molecule has 0 aliphatic carbocycles. The Bertz CT molecular complexity index is 824. The van der Waals surface area contributed by atoms with Gasteiger partial charge >= 0.3 is 0 Å². The Labute approximate surface area is 151 Å². The number of nitrogens with one attached hydrogen (secondary N) is 2. The van der Waals surface area contributed by atoms with Crippen LogP contribution in [-0.4, -0.2) is 34.0 Å². The second-order valence-corrected chi connectivity index (χ2v) is 6.07. The smallest absolute Gasteiger partial charge is 0.251 e. The second-order valence-electron chi connectivity index (χ2n) is 6.07. The summed E-state index contributed by atoms with van der Waals surface area (Å²) in [6.07, 6.45) is 0.277. The number of primary amides is 1. The number of hydrogen-bond acceptors (Lipinski definition) is 4. The van der Waals surface area contributed by atoms with Gasteiger partial charge in [-0.3, -0.25) is 19.1 Å². The normalized spacial score (nSPS) is 10.4. The van der Waals surface area contributed by atoms with E-state index in [9.17, 15) is 14.4 Å². The van der Waals surface area contributed by atoms with Gasteiger partial charge in [-0.2, -0.15) is 5.10 Å². The second kappa shape index (κ2) is 8.28. The van der Waals surface area contributed by atoms with Gasteiger partial charge in [0, 0.05) is 30.4 Å². The van der Waals surface area contributed by atoms with Gasteiger partial charge in [-0.05, 0) is 31.5 Å². The molecule has 3 amide bonds. The van der Waals surface area contributed by atoms with Crippen molar-refractivity contribution in [1.29, 1.82) is 0 Å². The predicted molar refractivity (Wildman–Crippen MR) is 96.2 cm³/mol. The maximum absolute atomic E-state index is 12.2. The number of hydrogen-bond donors (Lipinski definition) is 3. The van der Waals surface area contributed by atoms with Crippen LogP contribution in [0.2, 0.25) is 0 Å². The zero-order chi connectivity index (χ0) is 19.3. The van der Waals surface area contributed by atoms with Crippen LogP contribution in [0.5, 0.6) is 0 Å². The highest BCUT2D eigenvalue weighted by molar-refractivity contribution is 5.96. The van der Waals surface area contributed by atoms with Crippen LogP contribution in [0.4, 0.5) is 0 Å². The topological polar surface area (TPSA) is 119 Å². The summed E-state index contributed by atoms with van der Waals surface area (Å²) in [7, 11) is 1.85. The molecule has 138 valence electrons. The number of carbonyl (C=O) groups excluding carboxylic acids is 3. The molecule has 0 aliphatic heterocycles. The molecule has 8 heteroatoms. The maximum Gasteiger partial charge on any atom is 0.251 e. The van der Waals surface area contributed by atoms with Crippen molar-refractivity contribution >= 4 is 17.7 Å². The highest BCUT2D eigenvalue weighted by atomic mass is 16.2. The molecule has 26 heavy (non-hydrogen) atoms. The lowest BCUT2D eigenvalue weighted by Crippen LogP contribution is -2.33. The molecule has 0 aliphatic rings. The van der Waals surface area contributed by atoms with E-state index in [1.54, 1.807) is 28.9 Å². The molecule has 2 rings (SSSR count). The Balaban J connectivity index is 1.88. The number of benzene rings is 1. The monoisotopic (exact) mass is 357 g/mol. The van der Waals surface area contributed by atoms with Crippen LogP contribution in [0.3, 0.4) is 0 Å². The largest absolute Gasteiger partial charge is 0.368 e. The van der Waals surface area contributed by atoms with Gasteiger partial charge in [0.2, 0.25) is 11.8 Å². The van der Waals surface area contributed by atoms with E-state index in [0.717, 1.165) is 22.5 Å². The first-order valence-electron chi connectivity index (χ1n) is 8.19. The van der Waals surface area contributed by atoms with Crippen LogP contribution in [0.15, 0.2) is 24.3 Å². The predicted octanol–water partition coefficient (Wildman–Crippen LogP) is 0.111. The summed E-state index contributed by atoms with van der Waals surface area (Å²) in [6, 6.07) is 6.76. The fraction of sp³-hybridized carbons (Fsp3) is 0.333. The molecular formula is C18H23N5O3. The van der Waals surface area contributed by atoms with Gasteiger partial charge in [-0.15, -0.1) is 0 Å². The number of nitrogens with two attached hydrogens (primary N) is 1. The van der Waals surface area contributed by atoms with Crippen molar-refractivity contribution < 1.29 is 14.4 Å². The Morgan fingerprint density at radius 2 is 1.77 bits per heavy atom. The van der Waals surface area contributed by atoms with Gasteiger partial charge in [-0.1, -0.05) is 12.1 Å². The summed E-state index contributed by atoms with van der Waals surface area (Å²) >= 11 is 0. The summed E-state index contributed by atoms with van der Waals surface area (Å²) in [4.78, 5) is 34.6. The molecule has 4 N–H and O–H groups in total. The van der Waals surface area contributed by atoms with Crippen molar-refractivity contribution in [2.24, 2.45) is 12.8 Å². The molecule has 0 bridgehead atoms. The Kier molecular flexibility index (Phi) is 6.11. The molecule has 1 aromatic carbocycles. The lowest BCUT2D eigenvalue weighted by atomic mass is 10.1. The number of amides is 3. The third kappa shape index (κ3) is 4.92. The number of carbonyl (C=O) groups is 3. The van der Waals surface area contributed by atoms with Crippen LogP contribution in [-0.2, 0) is 29.6 Å². The Morgan fingerprint density at radius 1 is 1.12 bits per heavy atom. The third-order valence-corrected chi connectivity index (χ3v) is 4.13. The van der Waals surface area contributed by atoms with Gasteiger partial charge in [0.05, 0.1) is 18.7 Å². The summed E-state index contributed by atoms with van der Waals surface area (Å²) < 4.78 is 1.76. The summed E-state index contributed by atoms with van der Waals surface area (Å²) in [5.74, 6) is -1.06. The third-order valence-electron chi connectivity index (χ3n) is 4.13. The van der Waals surface area contributed by atoms with Crippen LogP contribution >= 0.6 is 0 Å². The summed E-state index contributed by atoms with van der Waals surface area (Å²) in [5.41, 5.74) is 9.04. The number of aromatic nitrogens is 2. The lowest BCUT2D eigenvalue weighted by Gasteiger charge is -2.07.